The van der Waals surface area contributed by atoms with E-state index in [2.05, 4.69) is 4.98 Å². The average molecular weight is 212 g/mol. The van der Waals surface area contributed by atoms with Crippen LogP contribution in [0.3, 0.4) is 0 Å². The van der Waals surface area contributed by atoms with Crippen LogP contribution in [0, 0.1) is 5.82 Å². The summed E-state index contributed by atoms with van der Waals surface area (Å²) in [6.45, 7) is 1.16. The van der Waals surface area contributed by atoms with E-state index in [9.17, 15) is 4.39 Å². The van der Waals surface area contributed by atoms with Crippen LogP contribution >= 0.6 is 0 Å². The fourth-order valence-electron chi connectivity index (χ4n) is 1.56. The van der Waals surface area contributed by atoms with Gasteiger partial charge in [0.05, 0.1) is 19.4 Å². The van der Waals surface area contributed by atoms with Crippen LogP contribution in [0.15, 0.2) is 18.5 Å². The van der Waals surface area contributed by atoms with Crippen LogP contribution in [0.5, 0.6) is 0 Å². The van der Waals surface area contributed by atoms with E-state index >= 15 is 0 Å². The Morgan fingerprint density at radius 3 is 2.93 bits per heavy atom. The van der Waals surface area contributed by atoms with Gasteiger partial charge in [0.15, 0.2) is 6.29 Å². The first-order valence-corrected chi connectivity index (χ1v) is 4.85. The largest absolute Gasteiger partial charge is 0.350 e. The Balaban J connectivity index is 2.00. The van der Waals surface area contributed by atoms with Gasteiger partial charge in [0.25, 0.3) is 0 Å². The minimum Gasteiger partial charge on any atom is -0.350 e. The van der Waals surface area contributed by atoms with Gasteiger partial charge in [-0.05, 0) is 6.07 Å². The molecule has 82 valence electrons. The molecule has 2 N–H and O–H groups in total. The highest BCUT2D eigenvalue weighted by Gasteiger charge is 2.21. The highest BCUT2D eigenvalue weighted by molar-refractivity contribution is 5.16. The Hall–Kier alpha value is -1.04. The molecule has 0 radical (unpaired) electrons. The van der Waals surface area contributed by atoms with Crippen molar-refractivity contribution in [3.63, 3.8) is 0 Å². The Labute approximate surface area is 87.2 Å². The lowest BCUT2D eigenvalue weighted by Crippen LogP contribution is -2.20. The minimum absolute atomic E-state index is 0.312. The van der Waals surface area contributed by atoms with Crippen LogP contribution in [0.4, 0.5) is 4.39 Å². The van der Waals surface area contributed by atoms with Gasteiger partial charge >= 0.3 is 0 Å². The molecular formula is C10H13FN2O2. The molecule has 2 heterocycles. The maximum atomic E-state index is 13.3. The van der Waals surface area contributed by atoms with Gasteiger partial charge < -0.3 is 15.2 Å². The number of pyridine rings is 1. The molecule has 4 nitrogen and oxygen atoms in total. The molecule has 0 aliphatic carbocycles. The van der Waals surface area contributed by atoms with Gasteiger partial charge in [-0.15, -0.1) is 0 Å². The molecular weight excluding hydrogens is 199 g/mol. The highest BCUT2D eigenvalue weighted by Crippen LogP contribution is 2.21. The van der Waals surface area contributed by atoms with E-state index < -0.39 is 6.04 Å². The molecule has 1 aliphatic heterocycles. The Morgan fingerprint density at radius 1 is 1.53 bits per heavy atom. The van der Waals surface area contributed by atoms with Crippen molar-refractivity contribution in [1.29, 1.82) is 0 Å². The fourth-order valence-corrected chi connectivity index (χ4v) is 1.56. The van der Waals surface area contributed by atoms with Crippen molar-refractivity contribution in [3.8, 4) is 0 Å². The molecule has 1 unspecified atom stereocenters. The van der Waals surface area contributed by atoms with Crippen LogP contribution in [0.1, 0.15) is 18.0 Å². The van der Waals surface area contributed by atoms with Crippen molar-refractivity contribution in [2.24, 2.45) is 5.73 Å². The van der Waals surface area contributed by atoms with Gasteiger partial charge in [0, 0.05) is 24.2 Å². The SMILES string of the molecule is NC(CC1OCCO1)c1ccncc1F. The zero-order valence-corrected chi connectivity index (χ0v) is 8.23. The smallest absolute Gasteiger partial charge is 0.159 e. The van der Waals surface area contributed by atoms with Crippen LogP contribution in [-0.4, -0.2) is 24.5 Å². The molecule has 1 aliphatic rings. The zero-order valence-electron chi connectivity index (χ0n) is 8.23. The molecule has 15 heavy (non-hydrogen) atoms. The van der Waals surface area contributed by atoms with Gasteiger partial charge in [-0.3, -0.25) is 4.98 Å². The van der Waals surface area contributed by atoms with E-state index in [4.69, 9.17) is 15.2 Å². The van der Waals surface area contributed by atoms with Gasteiger partial charge in [0.2, 0.25) is 0 Å². The number of aromatic nitrogens is 1. The van der Waals surface area contributed by atoms with Crippen LogP contribution in [0.25, 0.3) is 0 Å². The second-order valence-electron chi connectivity index (χ2n) is 3.41. The second kappa shape index (κ2) is 4.65. The third kappa shape index (κ3) is 2.50. The van der Waals surface area contributed by atoms with Gasteiger partial charge in [-0.25, -0.2) is 4.39 Å². The standard InChI is InChI=1S/C10H13FN2O2/c11-8-6-13-2-1-7(8)9(12)5-10-14-3-4-15-10/h1-2,6,9-10H,3-5,12H2. The second-order valence-corrected chi connectivity index (χ2v) is 3.41. The number of rotatable bonds is 3. The summed E-state index contributed by atoms with van der Waals surface area (Å²) in [6.07, 6.45) is 2.83. The molecule has 1 fully saturated rings. The first kappa shape index (κ1) is 10.5. The zero-order chi connectivity index (χ0) is 10.7. The maximum absolute atomic E-state index is 13.3. The van der Waals surface area contributed by atoms with Crippen LogP contribution < -0.4 is 5.73 Å². The third-order valence-electron chi connectivity index (χ3n) is 2.34. The van der Waals surface area contributed by atoms with Gasteiger partial charge in [0.1, 0.15) is 5.82 Å². The molecule has 1 aromatic heterocycles. The summed E-state index contributed by atoms with van der Waals surface area (Å²) in [5.74, 6) is -0.386. The molecule has 5 heteroatoms. The average Bonchev–Trinajstić information content (AvgIpc) is 2.71. The number of hydrogen-bond acceptors (Lipinski definition) is 4. The van der Waals surface area contributed by atoms with Crippen molar-refractivity contribution in [3.05, 3.63) is 29.8 Å². The summed E-state index contributed by atoms with van der Waals surface area (Å²) < 4.78 is 23.8. The number of nitrogens with two attached hydrogens (primary N) is 1. The Morgan fingerprint density at radius 2 is 2.27 bits per heavy atom. The van der Waals surface area contributed by atoms with E-state index in [1.54, 1.807) is 6.07 Å². The van der Waals surface area contributed by atoms with Gasteiger partial charge in [-0.2, -0.15) is 0 Å². The molecule has 0 saturated carbocycles. The predicted octanol–water partition coefficient (Wildman–Crippen LogP) is 0.983. The van der Waals surface area contributed by atoms with E-state index in [1.807, 2.05) is 0 Å². The number of ether oxygens (including phenoxy) is 2. The molecule has 1 saturated heterocycles. The van der Waals surface area contributed by atoms with E-state index in [0.717, 1.165) is 6.20 Å². The minimum atomic E-state index is -0.420. The van der Waals surface area contributed by atoms with Crippen molar-refractivity contribution in [2.75, 3.05) is 13.2 Å². The van der Waals surface area contributed by atoms with Gasteiger partial charge in [-0.1, -0.05) is 0 Å². The molecule has 0 aromatic carbocycles. The summed E-state index contributed by atoms with van der Waals surface area (Å²) in [7, 11) is 0. The lowest BCUT2D eigenvalue weighted by molar-refractivity contribution is -0.0509. The van der Waals surface area contributed by atoms with Crippen LogP contribution in [0.2, 0.25) is 0 Å². The van der Waals surface area contributed by atoms with Crippen molar-refractivity contribution in [2.45, 2.75) is 18.8 Å². The Kier molecular flexibility index (Phi) is 3.25. The maximum Gasteiger partial charge on any atom is 0.159 e. The molecule has 1 aromatic rings. The first-order chi connectivity index (χ1) is 7.27. The molecule has 0 bridgehead atoms. The summed E-state index contributed by atoms with van der Waals surface area (Å²) in [4.78, 5) is 3.67. The van der Waals surface area contributed by atoms with Crippen molar-refractivity contribution >= 4 is 0 Å². The van der Waals surface area contributed by atoms with E-state index in [1.165, 1.54) is 6.20 Å². The van der Waals surface area contributed by atoms with Crippen LogP contribution in [-0.2, 0) is 9.47 Å². The molecule has 0 spiro atoms. The summed E-state index contributed by atoms with van der Waals surface area (Å²) in [5, 5.41) is 0. The fraction of sp³-hybridized carbons (Fsp3) is 0.500. The number of nitrogens with zero attached hydrogens (tertiary/aromatic N) is 1. The topological polar surface area (TPSA) is 57.4 Å². The quantitative estimate of drug-likeness (QED) is 0.811. The summed E-state index contributed by atoms with van der Waals surface area (Å²) in [6, 6.07) is 1.16. The predicted molar refractivity (Wildman–Crippen MR) is 51.4 cm³/mol. The lowest BCUT2D eigenvalue weighted by atomic mass is 10.1. The Bertz CT molecular complexity index is 329. The summed E-state index contributed by atoms with van der Waals surface area (Å²) in [5.41, 5.74) is 6.30. The highest BCUT2D eigenvalue weighted by atomic mass is 19.1. The third-order valence-corrected chi connectivity index (χ3v) is 2.34. The first-order valence-electron chi connectivity index (χ1n) is 4.85. The molecule has 0 amide bonds. The molecule has 1 atom stereocenters. The monoisotopic (exact) mass is 212 g/mol. The van der Waals surface area contributed by atoms with Crippen molar-refractivity contribution < 1.29 is 13.9 Å². The molecule has 2 rings (SSSR count). The van der Waals surface area contributed by atoms with Crippen molar-refractivity contribution in [1.82, 2.24) is 4.98 Å². The number of hydrogen-bond donors (Lipinski definition) is 1. The number of halogens is 1. The lowest BCUT2D eigenvalue weighted by Gasteiger charge is -2.16. The summed E-state index contributed by atoms with van der Waals surface area (Å²) >= 11 is 0. The van der Waals surface area contributed by atoms with E-state index in [-0.39, 0.29) is 12.1 Å². The van der Waals surface area contributed by atoms with E-state index in [0.29, 0.717) is 25.2 Å². The normalized spacial score (nSPS) is 19.3.